The fraction of sp³-hybridized carbons (Fsp3) is 0. The van der Waals surface area contributed by atoms with Crippen LogP contribution < -0.4 is 0 Å². The normalized spacial score (nSPS) is 11.9. The molecule has 13 rings (SSSR count). The first-order valence-electron chi connectivity index (χ1n) is 20.7. The third-order valence-corrected chi connectivity index (χ3v) is 12.4. The molecule has 0 atom stereocenters. The van der Waals surface area contributed by atoms with E-state index in [-0.39, 0.29) is 0 Å². The van der Waals surface area contributed by atoms with E-state index in [0.29, 0.717) is 23.2 Å². The minimum atomic E-state index is 0.501. The van der Waals surface area contributed by atoms with Crippen molar-refractivity contribution in [3.8, 4) is 56.6 Å². The Morgan fingerprint density at radius 1 is 0.262 bits per heavy atom. The molecule has 2 aromatic heterocycles. The van der Waals surface area contributed by atoms with Crippen LogP contribution in [-0.4, -0.2) is 15.0 Å². The number of benzene rings is 10. The molecular weight excluding hydrogens is 743 g/mol. The molecule has 61 heavy (non-hydrogen) atoms. The van der Waals surface area contributed by atoms with E-state index in [9.17, 15) is 0 Å². The SMILES string of the molecule is c1ccc(-c2nc(-c3ccc(-c4ccc(-c5cc6ccc7cccc8c9cccc%10ccc%11cccc(c(c5)c6c78)c%11c%109)cc4)cc3)nc(-c3cc4ccccc4o3)n2)cc1. The van der Waals surface area contributed by atoms with Crippen molar-refractivity contribution in [1.29, 1.82) is 0 Å². The van der Waals surface area contributed by atoms with Crippen molar-refractivity contribution in [2.45, 2.75) is 0 Å². The van der Waals surface area contributed by atoms with Crippen LogP contribution in [-0.2, 0) is 0 Å². The summed E-state index contributed by atoms with van der Waals surface area (Å²) in [6.45, 7) is 0. The second-order valence-corrected chi connectivity index (χ2v) is 15.9. The van der Waals surface area contributed by atoms with Gasteiger partial charge in [-0.25, -0.2) is 15.0 Å². The summed E-state index contributed by atoms with van der Waals surface area (Å²) in [6.07, 6.45) is 0. The van der Waals surface area contributed by atoms with Crippen molar-refractivity contribution in [1.82, 2.24) is 15.0 Å². The van der Waals surface area contributed by atoms with Crippen molar-refractivity contribution in [2.24, 2.45) is 0 Å². The Kier molecular flexibility index (Phi) is 7.27. The van der Waals surface area contributed by atoms with Gasteiger partial charge in [-0.05, 0) is 111 Å². The summed E-state index contributed by atoms with van der Waals surface area (Å²) in [5.74, 6) is 2.30. The minimum absolute atomic E-state index is 0.501. The molecule has 0 aliphatic rings. The van der Waals surface area contributed by atoms with E-state index >= 15 is 0 Å². The van der Waals surface area contributed by atoms with Crippen LogP contribution in [0.25, 0.3) is 132 Å². The zero-order chi connectivity index (χ0) is 40.0. The van der Waals surface area contributed by atoms with Crippen LogP contribution in [0.5, 0.6) is 0 Å². The number of fused-ring (bicyclic) bond motifs is 3. The third kappa shape index (κ3) is 5.36. The molecule has 282 valence electrons. The van der Waals surface area contributed by atoms with Gasteiger partial charge in [-0.1, -0.05) is 176 Å². The first-order valence-corrected chi connectivity index (χ1v) is 20.7. The maximum absolute atomic E-state index is 6.20. The van der Waals surface area contributed by atoms with Crippen molar-refractivity contribution < 1.29 is 4.42 Å². The lowest BCUT2D eigenvalue weighted by atomic mass is 9.86. The Morgan fingerprint density at radius 2 is 0.705 bits per heavy atom. The second kappa shape index (κ2) is 13.2. The Labute approximate surface area is 350 Å². The zero-order valence-corrected chi connectivity index (χ0v) is 32.8. The standard InChI is InChI=1S/C57H33N3O/c1-2-9-40(10-3-1)55-58-56(60-57(59-55)50-33-42-11-4-5-18-49(42)61-50)41-28-23-35(24-29-41)34-19-21-36(22-20-34)44-31-43-30-27-39-13-7-16-46-45-15-6-12-37-25-26-38-14-8-17-47(53(38)51(37)45)48(32-44)54(43)52(39)46/h1-33H. The molecule has 0 saturated heterocycles. The maximum Gasteiger partial charge on any atom is 0.199 e. The van der Waals surface area contributed by atoms with Crippen LogP contribution >= 0.6 is 0 Å². The van der Waals surface area contributed by atoms with Crippen molar-refractivity contribution in [3.05, 3.63) is 200 Å². The van der Waals surface area contributed by atoms with Gasteiger partial charge in [-0.15, -0.1) is 0 Å². The second-order valence-electron chi connectivity index (χ2n) is 15.9. The monoisotopic (exact) mass is 775 g/mol. The molecule has 0 spiro atoms. The lowest BCUT2D eigenvalue weighted by Gasteiger charge is -2.17. The molecule has 11 aromatic carbocycles. The van der Waals surface area contributed by atoms with E-state index < -0.39 is 0 Å². The van der Waals surface area contributed by atoms with Crippen LogP contribution in [0.4, 0.5) is 0 Å². The minimum Gasteiger partial charge on any atom is -0.453 e. The summed E-state index contributed by atoms with van der Waals surface area (Å²) >= 11 is 0. The quantitative estimate of drug-likeness (QED) is 0.163. The highest BCUT2D eigenvalue weighted by Crippen LogP contribution is 2.44. The fourth-order valence-electron chi connectivity index (χ4n) is 9.54. The van der Waals surface area contributed by atoms with Gasteiger partial charge in [0.2, 0.25) is 0 Å². The molecule has 0 aliphatic carbocycles. The number of hydrogen-bond donors (Lipinski definition) is 0. The van der Waals surface area contributed by atoms with E-state index in [1.165, 1.54) is 75.8 Å². The van der Waals surface area contributed by atoms with Crippen molar-refractivity contribution in [2.75, 3.05) is 0 Å². The van der Waals surface area contributed by atoms with Crippen LogP contribution in [0, 0.1) is 0 Å². The van der Waals surface area contributed by atoms with Crippen LogP contribution in [0.15, 0.2) is 205 Å². The van der Waals surface area contributed by atoms with Gasteiger partial charge in [0, 0.05) is 16.5 Å². The summed E-state index contributed by atoms with van der Waals surface area (Å²) < 4.78 is 6.20. The number of rotatable bonds is 5. The molecular formula is C57H33N3O. The van der Waals surface area contributed by atoms with Gasteiger partial charge in [0.15, 0.2) is 23.2 Å². The van der Waals surface area contributed by atoms with E-state index in [0.717, 1.165) is 33.2 Å². The Hall–Kier alpha value is -8.21. The first-order chi connectivity index (χ1) is 30.2. The summed E-state index contributed by atoms with van der Waals surface area (Å²) in [6, 6.07) is 71.6. The average molecular weight is 776 g/mol. The van der Waals surface area contributed by atoms with Crippen molar-refractivity contribution >= 4 is 75.6 Å². The number of hydrogen-bond acceptors (Lipinski definition) is 4. The molecule has 0 saturated carbocycles. The molecule has 13 aromatic rings. The lowest BCUT2D eigenvalue weighted by molar-refractivity contribution is 0.625. The van der Waals surface area contributed by atoms with Crippen LogP contribution in [0.2, 0.25) is 0 Å². The van der Waals surface area contributed by atoms with Gasteiger partial charge in [0.25, 0.3) is 0 Å². The predicted molar refractivity (Wildman–Crippen MR) is 253 cm³/mol. The van der Waals surface area contributed by atoms with Gasteiger partial charge in [0.1, 0.15) is 5.58 Å². The summed E-state index contributed by atoms with van der Waals surface area (Å²) in [5.41, 5.74) is 7.24. The highest BCUT2D eigenvalue weighted by molar-refractivity contribution is 6.37. The third-order valence-electron chi connectivity index (χ3n) is 12.4. The molecule has 0 fully saturated rings. The molecule has 2 heterocycles. The van der Waals surface area contributed by atoms with E-state index in [1.807, 2.05) is 60.7 Å². The van der Waals surface area contributed by atoms with Crippen molar-refractivity contribution in [3.63, 3.8) is 0 Å². The fourth-order valence-corrected chi connectivity index (χ4v) is 9.54. The molecule has 4 heteroatoms. The maximum atomic E-state index is 6.20. The molecule has 0 bridgehead atoms. The Balaban J connectivity index is 0.910. The van der Waals surface area contributed by atoms with Gasteiger partial charge < -0.3 is 4.42 Å². The molecule has 0 radical (unpaired) electrons. The summed E-state index contributed by atoms with van der Waals surface area (Å²) in [5, 5.41) is 16.4. The highest BCUT2D eigenvalue weighted by Gasteiger charge is 2.18. The van der Waals surface area contributed by atoms with Gasteiger partial charge >= 0.3 is 0 Å². The van der Waals surface area contributed by atoms with Gasteiger partial charge in [0.05, 0.1) is 0 Å². The number of nitrogens with zero attached hydrogens (tertiary/aromatic N) is 3. The van der Waals surface area contributed by atoms with Gasteiger partial charge in [-0.3, -0.25) is 0 Å². The predicted octanol–water partition coefficient (Wildman–Crippen LogP) is 15.3. The first kappa shape index (κ1) is 33.7. The van der Waals surface area contributed by atoms with E-state index in [1.54, 1.807) is 0 Å². The van der Waals surface area contributed by atoms with Crippen LogP contribution in [0.3, 0.4) is 0 Å². The molecule has 0 amide bonds. The Bertz CT molecular complexity index is 3810. The van der Waals surface area contributed by atoms with Gasteiger partial charge in [-0.2, -0.15) is 0 Å². The van der Waals surface area contributed by atoms with Crippen LogP contribution in [0.1, 0.15) is 0 Å². The highest BCUT2D eigenvalue weighted by atomic mass is 16.3. The zero-order valence-electron chi connectivity index (χ0n) is 32.8. The molecule has 4 nitrogen and oxygen atoms in total. The smallest absolute Gasteiger partial charge is 0.199 e. The lowest BCUT2D eigenvalue weighted by Crippen LogP contribution is -1.99. The van der Waals surface area contributed by atoms with E-state index in [4.69, 9.17) is 19.4 Å². The number of para-hydroxylation sites is 1. The molecule has 0 N–H and O–H groups in total. The summed E-state index contributed by atoms with van der Waals surface area (Å²) in [4.78, 5) is 14.7. The Morgan fingerprint density at radius 3 is 1.30 bits per heavy atom. The number of furan rings is 1. The molecule has 0 unspecified atom stereocenters. The number of aromatic nitrogens is 3. The topological polar surface area (TPSA) is 51.8 Å². The largest absolute Gasteiger partial charge is 0.453 e. The average Bonchev–Trinajstić information content (AvgIpc) is 3.78. The molecule has 0 aliphatic heterocycles. The summed E-state index contributed by atoms with van der Waals surface area (Å²) in [7, 11) is 0. The van der Waals surface area contributed by atoms with E-state index in [2.05, 4.69) is 140 Å².